The quantitative estimate of drug-likeness (QED) is 0.134. The molecular formula is C35H50O15. The molecule has 1 spiro atoms. The summed E-state index contributed by atoms with van der Waals surface area (Å²) in [6, 6.07) is 0. The van der Waals surface area contributed by atoms with E-state index in [4.69, 9.17) is 28.4 Å². The van der Waals surface area contributed by atoms with Crippen LogP contribution in [0.3, 0.4) is 0 Å². The standard InChI is InChI=1S/C35H50O15/c1-15-11-35-10-7-21-33(4,29(35)24(42)22(15)18(39)12-35)8-6-9-34(21,5)32(44)50-31-28(47-17(3)38)27(46-16(2)37)26(20(13-36)48-31)49-30-25(43)23(41)19(40)14-45-30/h19-31,36,40-43H,1,6-14H2,2-5H3/t19-,20+,21+,22+,23-,24?,25+,26+,27-,28+,29+,30-,31-,33-,34-,35-/m0/s1. The molecule has 2 aliphatic heterocycles. The van der Waals surface area contributed by atoms with E-state index >= 15 is 0 Å². The molecule has 50 heavy (non-hydrogen) atoms. The zero-order chi connectivity index (χ0) is 36.5. The Bertz CT molecular complexity index is 1370. The van der Waals surface area contributed by atoms with Crippen LogP contribution in [0.1, 0.15) is 72.6 Å². The summed E-state index contributed by atoms with van der Waals surface area (Å²) < 4.78 is 34.4. The third-order valence-corrected chi connectivity index (χ3v) is 12.7. The number of aliphatic hydroxyl groups excluding tert-OH is 5. The molecule has 16 atom stereocenters. The van der Waals surface area contributed by atoms with Crippen LogP contribution in [-0.2, 0) is 47.6 Å². The molecule has 0 aromatic rings. The fourth-order valence-electron chi connectivity index (χ4n) is 10.8. The SMILES string of the molecule is C=C1C[C@]23CC[C@@H]4[C@](C)(CCC[C@]4(C)C(=O)O[C@@H]4O[C@H](CO)[C@@H](O[C@@H]5OC[C@H](O)[C@H](O)[C@H]5O)[C@H](OC(C)=O)[C@H]4OC(C)=O)[C@H]2C(O)[C@H]1C(=O)C3. The number of ketones is 1. The summed E-state index contributed by atoms with van der Waals surface area (Å²) in [7, 11) is 0. The number of esters is 3. The van der Waals surface area contributed by atoms with E-state index in [0.717, 1.165) is 25.8 Å². The van der Waals surface area contributed by atoms with Gasteiger partial charge in [0.1, 0.15) is 36.3 Å². The minimum atomic E-state index is -1.75. The van der Waals surface area contributed by atoms with E-state index in [9.17, 15) is 44.7 Å². The number of carbonyl (C=O) groups excluding carboxylic acids is 4. The molecule has 0 radical (unpaired) electrons. The van der Waals surface area contributed by atoms with Crippen LogP contribution in [-0.4, -0.2) is 124 Å². The first-order valence-electron chi connectivity index (χ1n) is 17.5. The number of hydrogen-bond donors (Lipinski definition) is 5. The van der Waals surface area contributed by atoms with Gasteiger partial charge in [-0.1, -0.05) is 25.5 Å². The van der Waals surface area contributed by atoms with Crippen molar-refractivity contribution in [2.75, 3.05) is 13.2 Å². The highest BCUT2D eigenvalue weighted by atomic mass is 16.8. The summed E-state index contributed by atoms with van der Waals surface area (Å²) in [4.78, 5) is 52.3. The molecule has 7 fully saturated rings. The zero-order valence-electron chi connectivity index (χ0n) is 28.9. The van der Waals surface area contributed by atoms with Crippen LogP contribution < -0.4 is 0 Å². The van der Waals surface area contributed by atoms with E-state index in [1.807, 2.05) is 6.92 Å². The molecule has 7 aliphatic rings. The average Bonchev–Trinajstić information content (AvgIpc) is 3.02. The molecule has 5 saturated carbocycles. The van der Waals surface area contributed by atoms with Crippen molar-refractivity contribution in [2.45, 2.75) is 134 Å². The highest BCUT2D eigenvalue weighted by Crippen LogP contribution is 2.71. The predicted molar refractivity (Wildman–Crippen MR) is 167 cm³/mol. The topological polar surface area (TPSA) is 225 Å². The van der Waals surface area contributed by atoms with E-state index in [2.05, 4.69) is 13.5 Å². The number of aliphatic hydroxyl groups is 5. The minimum absolute atomic E-state index is 0.0253. The second kappa shape index (κ2) is 13.5. The fourth-order valence-corrected chi connectivity index (χ4v) is 10.8. The molecule has 5 N–H and O–H groups in total. The Morgan fingerprint density at radius 1 is 0.880 bits per heavy atom. The van der Waals surface area contributed by atoms with Crippen LogP contribution in [0.5, 0.6) is 0 Å². The highest BCUT2D eigenvalue weighted by Gasteiger charge is 2.70. The van der Waals surface area contributed by atoms with E-state index in [1.54, 1.807) is 0 Å². The van der Waals surface area contributed by atoms with Crippen molar-refractivity contribution >= 4 is 23.7 Å². The first kappa shape index (κ1) is 37.3. The Hall–Kier alpha value is -2.50. The van der Waals surface area contributed by atoms with E-state index in [1.165, 1.54) is 0 Å². The van der Waals surface area contributed by atoms with Crippen LogP contribution in [0.25, 0.3) is 0 Å². The maximum absolute atomic E-state index is 14.5. The Morgan fingerprint density at radius 2 is 1.56 bits per heavy atom. The summed E-state index contributed by atoms with van der Waals surface area (Å²) in [5.41, 5.74) is -1.26. The van der Waals surface area contributed by atoms with Crippen LogP contribution in [0.2, 0.25) is 0 Å². The van der Waals surface area contributed by atoms with Crippen molar-refractivity contribution in [1.29, 1.82) is 0 Å². The Kier molecular flexibility index (Phi) is 10.0. The lowest BCUT2D eigenvalue weighted by Crippen LogP contribution is -2.68. The number of carbonyl (C=O) groups is 4. The molecule has 2 heterocycles. The van der Waals surface area contributed by atoms with Gasteiger partial charge >= 0.3 is 17.9 Å². The molecule has 0 amide bonds. The Morgan fingerprint density at radius 3 is 2.20 bits per heavy atom. The first-order valence-corrected chi connectivity index (χ1v) is 17.5. The van der Waals surface area contributed by atoms with E-state index < -0.39 is 115 Å². The van der Waals surface area contributed by atoms with Crippen molar-refractivity contribution < 1.29 is 73.1 Å². The second-order valence-electron chi connectivity index (χ2n) is 15.8. The molecule has 7 rings (SSSR count). The molecule has 0 aromatic carbocycles. The Balaban J connectivity index is 1.28. The van der Waals surface area contributed by atoms with E-state index in [-0.39, 0.29) is 17.6 Å². The molecule has 15 nitrogen and oxygen atoms in total. The van der Waals surface area contributed by atoms with Gasteiger partial charge in [0.05, 0.1) is 30.7 Å². The van der Waals surface area contributed by atoms with Crippen molar-refractivity contribution in [3.63, 3.8) is 0 Å². The van der Waals surface area contributed by atoms with Gasteiger partial charge in [0.25, 0.3) is 0 Å². The Labute approximate surface area is 290 Å². The van der Waals surface area contributed by atoms with Crippen molar-refractivity contribution in [1.82, 2.24) is 0 Å². The van der Waals surface area contributed by atoms with Gasteiger partial charge in [-0.25, -0.2) is 0 Å². The number of fused-ring (bicyclic) bond motifs is 3. The van der Waals surface area contributed by atoms with Crippen molar-refractivity contribution in [2.24, 2.45) is 34.0 Å². The number of Topliss-reactive ketones (excluding diaryl/α,β-unsaturated/α-hetero) is 1. The third kappa shape index (κ3) is 6.00. The molecule has 15 heteroatoms. The first-order chi connectivity index (χ1) is 23.5. The smallest absolute Gasteiger partial charge is 0.314 e. The van der Waals surface area contributed by atoms with Gasteiger partial charge in [-0.2, -0.15) is 0 Å². The summed E-state index contributed by atoms with van der Waals surface area (Å²) in [6.07, 6.45) is -10.8. The molecule has 280 valence electrons. The van der Waals surface area contributed by atoms with Crippen LogP contribution in [0.15, 0.2) is 12.2 Å². The lowest BCUT2D eigenvalue weighted by atomic mass is 9.36. The van der Waals surface area contributed by atoms with Crippen LogP contribution in [0.4, 0.5) is 0 Å². The largest absolute Gasteiger partial charge is 0.455 e. The molecule has 2 bridgehead atoms. The molecule has 0 aromatic heterocycles. The predicted octanol–water partition coefficient (Wildman–Crippen LogP) is 0.0533. The maximum Gasteiger partial charge on any atom is 0.314 e. The lowest BCUT2D eigenvalue weighted by Gasteiger charge is -2.68. The van der Waals surface area contributed by atoms with Gasteiger partial charge in [0.2, 0.25) is 12.4 Å². The molecule has 5 aliphatic carbocycles. The van der Waals surface area contributed by atoms with Crippen LogP contribution >= 0.6 is 0 Å². The minimum Gasteiger partial charge on any atom is -0.455 e. The van der Waals surface area contributed by atoms with Gasteiger partial charge in [0, 0.05) is 20.3 Å². The second-order valence-corrected chi connectivity index (χ2v) is 15.8. The molecule has 2 saturated heterocycles. The number of ether oxygens (including phenoxy) is 6. The fraction of sp³-hybridized carbons (Fsp3) is 0.829. The van der Waals surface area contributed by atoms with E-state index in [0.29, 0.717) is 38.5 Å². The zero-order valence-corrected chi connectivity index (χ0v) is 28.9. The van der Waals surface area contributed by atoms with Gasteiger partial charge in [0.15, 0.2) is 12.4 Å². The van der Waals surface area contributed by atoms with Gasteiger partial charge in [-0.3, -0.25) is 19.2 Å². The third-order valence-electron chi connectivity index (χ3n) is 12.7. The summed E-state index contributed by atoms with van der Waals surface area (Å²) in [5.74, 6) is -3.40. The summed E-state index contributed by atoms with van der Waals surface area (Å²) >= 11 is 0. The van der Waals surface area contributed by atoms with Gasteiger partial charge in [-0.05, 0) is 61.7 Å². The highest BCUT2D eigenvalue weighted by molar-refractivity contribution is 5.88. The number of rotatable bonds is 7. The summed E-state index contributed by atoms with van der Waals surface area (Å²) in [5, 5.41) is 52.7. The summed E-state index contributed by atoms with van der Waals surface area (Å²) in [6.45, 7) is 9.07. The normalized spacial score (nSPS) is 48.6. The average molecular weight is 711 g/mol. The number of hydrogen-bond acceptors (Lipinski definition) is 15. The van der Waals surface area contributed by atoms with Gasteiger partial charge < -0.3 is 54.0 Å². The van der Waals surface area contributed by atoms with Crippen LogP contribution in [0, 0.1) is 34.0 Å². The monoisotopic (exact) mass is 710 g/mol. The maximum atomic E-state index is 14.5. The molecular weight excluding hydrogens is 660 g/mol. The van der Waals surface area contributed by atoms with Crippen molar-refractivity contribution in [3.8, 4) is 0 Å². The van der Waals surface area contributed by atoms with Crippen molar-refractivity contribution in [3.05, 3.63) is 12.2 Å². The van der Waals surface area contributed by atoms with Gasteiger partial charge in [-0.15, -0.1) is 0 Å². The lowest BCUT2D eigenvalue weighted by molar-refractivity contribution is -0.346. The molecule has 1 unspecified atom stereocenters.